The maximum Gasteiger partial charge on any atom is 0.203 e. The lowest BCUT2D eigenvalue weighted by Crippen LogP contribution is -2.32. The third-order valence-electron chi connectivity index (χ3n) is 4.76. The Morgan fingerprint density at radius 1 is 1.08 bits per heavy atom. The van der Waals surface area contributed by atoms with Gasteiger partial charge in [-0.1, -0.05) is 18.2 Å². The lowest BCUT2D eigenvalue weighted by molar-refractivity contribution is -0.753. The van der Waals surface area contributed by atoms with E-state index in [0.717, 1.165) is 22.2 Å². The molecule has 1 fully saturated rings. The van der Waals surface area contributed by atoms with Gasteiger partial charge in [-0.3, -0.25) is 0 Å². The van der Waals surface area contributed by atoms with Gasteiger partial charge in [0.2, 0.25) is 6.20 Å². The van der Waals surface area contributed by atoms with Crippen molar-refractivity contribution in [3.8, 4) is 28.3 Å². The summed E-state index contributed by atoms with van der Waals surface area (Å²) in [6.07, 6.45) is 10.7. The van der Waals surface area contributed by atoms with E-state index < -0.39 is 0 Å². The zero-order valence-electron chi connectivity index (χ0n) is 13.6. The highest BCUT2D eigenvalue weighted by atomic mass is 15.3. The minimum atomic E-state index is 0.644. The van der Waals surface area contributed by atoms with Crippen LogP contribution in [-0.2, 0) is 0 Å². The SMILES string of the molecule is N#Cc1ccc(-c2cnn3cc(-c4c[nH][n+](C5CC5)c4)ccc23)cc1. The fraction of sp³-hybridized carbons (Fsp3) is 0.150. The van der Waals surface area contributed by atoms with E-state index in [1.807, 2.05) is 41.2 Å². The van der Waals surface area contributed by atoms with Crippen LogP contribution in [0.2, 0.25) is 0 Å². The maximum absolute atomic E-state index is 8.94. The lowest BCUT2D eigenvalue weighted by Gasteiger charge is -2.01. The summed E-state index contributed by atoms with van der Waals surface area (Å²) in [5.41, 5.74) is 6.16. The Hall–Kier alpha value is -3.39. The fourth-order valence-electron chi connectivity index (χ4n) is 3.19. The average molecular weight is 326 g/mol. The number of pyridine rings is 1. The van der Waals surface area contributed by atoms with Crippen molar-refractivity contribution in [1.29, 1.82) is 5.26 Å². The number of aromatic amines is 1. The molecular formula is C20H16N5+. The van der Waals surface area contributed by atoms with Gasteiger partial charge < -0.3 is 0 Å². The monoisotopic (exact) mass is 326 g/mol. The molecule has 1 N–H and O–H groups in total. The van der Waals surface area contributed by atoms with E-state index in [4.69, 9.17) is 5.26 Å². The van der Waals surface area contributed by atoms with Crippen molar-refractivity contribution >= 4 is 5.52 Å². The maximum atomic E-state index is 8.94. The number of aromatic nitrogens is 4. The smallest absolute Gasteiger partial charge is 0.203 e. The first kappa shape index (κ1) is 14.0. The first-order valence-corrected chi connectivity index (χ1v) is 8.40. The minimum Gasteiger partial charge on any atom is -0.240 e. The molecule has 25 heavy (non-hydrogen) atoms. The highest BCUT2D eigenvalue weighted by Crippen LogP contribution is 2.30. The highest BCUT2D eigenvalue weighted by molar-refractivity contribution is 5.81. The van der Waals surface area contributed by atoms with Gasteiger partial charge in [0.1, 0.15) is 0 Å². The molecule has 1 saturated carbocycles. The van der Waals surface area contributed by atoms with Crippen LogP contribution in [0.3, 0.4) is 0 Å². The van der Waals surface area contributed by atoms with Crippen LogP contribution in [0.25, 0.3) is 27.8 Å². The Labute approximate surface area is 144 Å². The topological polar surface area (TPSA) is 60.8 Å². The number of fused-ring (bicyclic) bond motifs is 1. The molecule has 3 aromatic heterocycles. The van der Waals surface area contributed by atoms with E-state index in [9.17, 15) is 0 Å². The van der Waals surface area contributed by atoms with Crippen molar-refractivity contribution in [3.63, 3.8) is 0 Å². The summed E-state index contributed by atoms with van der Waals surface area (Å²) in [7, 11) is 0. The first-order valence-electron chi connectivity index (χ1n) is 8.40. The molecule has 0 bridgehead atoms. The Kier molecular flexibility index (Phi) is 2.98. The summed E-state index contributed by atoms with van der Waals surface area (Å²) in [6, 6.07) is 14.6. The molecule has 0 unspecified atom stereocenters. The number of hydrogen-bond acceptors (Lipinski definition) is 2. The largest absolute Gasteiger partial charge is 0.240 e. The van der Waals surface area contributed by atoms with Gasteiger partial charge >= 0.3 is 0 Å². The molecule has 0 amide bonds. The van der Waals surface area contributed by atoms with Gasteiger partial charge in [-0.2, -0.15) is 15.5 Å². The number of benzene rings is 1. The number of rotatable bonds is 3. The summed E-state index contributed by atoms with van der Waals surface area (Å²) < 4.78 is 4.10. The predicted molar refractivity (Wildman–Crippen MR) is 93.6 cm³/mol. The minimum absolute atomic E-state index is 0.644. The van der Waals surface area contributed by atoms with E-state index in [0.29, 0.717) is 11.6 Å². The van der Waals surface area contributed by atoms with Gasteiger partial charge in [-0.15, -0.1) is 4.68 Å². The molecule has 4 aromatic rings. The predicted octanol–water partition coefficient (Wildman–Crippen LogP) is 3.49. The van der Waals surface area contributed by atoms with Gasteiger partial charge in [-0.25, -0.2) is 4.52 Å². The van der Waals surface area contributed by atoms with Crippen LogP contribution < -0.4 is 4.68 Å². The molecule has 0 saturated heterocycles. The Morgan fingerprint density at radius 3 is 2.64 bits per heavy atom. The molecule has 120 valence electrons. The van der Waals surface area contributed by atoms with Crippen molar-refractivity contribution in [2.75, 3.05) is 0 Å². The van der Waals surface area contributed by atoms with Gasteiger partial charge in [0.25, 0.3) is 0 Å². The van der Waals surface area contributed by atoms with Crippen molar-refractivity contribution < 1.29 is 4.68 Å². The van der Waals surface area contributed by atoms with Crippen molar-refractivity contribution in [2.45, 2.75) is 18.9 Å². The summed E-state index contributed by atoms with van der Waals surface area (Å²) in [5.74, 6) is 0. The quantitative estimate of drug-likeness (QED) is 0.586. The number of nitriles is 1. The van der Waals surface area contributed by atoms with Crippen molar-refractivity contribution in [3.05, 3.63) is 66.7 Å². The van der Waals surface area contributed by atoms with Gasteiger partial charge in [0.15, 0.2) is 6.04 Å². The number of nitrogens with one attached hydrogen (secondary N) is 1. The number of hydrogen-bond donors (Lipinski definition) is 1. The molecule has 5 nitrogen and oxygen atoms in total. The number of H-pyrrole nitrogens is 1. The van der Waals surface area contributed by atoms with Crippen molar-refractivity contribution in [1.82, 2.24) is 14.7 Å². The molecule has 1 aromatic carbocycles. The summed E-state index contributed by atoms with van der Waals surface area (Å²) in [5, 5.41) is 16.8. The normalized spacial score (nSPS) is 13.9. The van der Waals surface area contributed by atoms with E-state index in [1.54, 1.807) is 0 Å². The zero-order chi connectivity index (χ0) is 16.8. The van der Waals surface area contributed by atoms with Crippen LogP contribution in [0.15, 0.2) is 61.2 Å². The first-order chi connectivity index (χ1) is 12.3. The summed E-state index contributed by atoms with van der Waals surface area (Å²) >= 11 is 0. The highest BCUT2D eigenvalue weighted by Gasteiger charge is 2.33. The lowest BCUT2D eigenvalue weighted by atomic mass is 10.1. The van der Waals surface area contributed by atoms with Gasteiger partial charge in [-0.05, 0) is 23.8 Å². The van der Waals surface area contributed by atoms with E-state index >= 15 is 0 Å². The second-order valence-corrected chi connectivity index (χ2v) is 6.49. The number of nitrogens with zero attached hydrogens (tertiary/aromatic N) is 4. The Balaban J connectivity index is 1.53. The van der Waals surface area contributed by atoms with Crippen LogP contribution in [-0.4, -0.2) is 14.7 Å². The van der Waals surface area contributed by atoms with E-state index in [2.05, 4.69) is 45.5 Å². The molecule has 5 heteroatoms. The molecular weight excluding hydrogens is 310 g/mol. The second kappa shape index (κ2) is 5.32. The molecule has 0 atom stereocenters. The van der Waals surface area contributed by atoms with E-state index in [-0.39, 0.29) is 0 Å². The molecule has 0 spiro atoms. The van der Waals surface area contributed by atoms with Crippen LogP contribution in [0.5, 0.6) is 0 Å². The van der Waals surface area contributed by atoms with Crippen LogP contribution in [0.4, 0.5) is 0 Å². The Morgan fingerprint density at radius 2 is 1.88 bits per heavy atom. The molecule has 1 aliphatic carbocycles. The van der Waals surface area contributed by atoms with Crippen LogP contribution in [0.1, 0.15) is 24.4 Å². The molecule has 1 aliphatic rings. The van der Waals surface area contributed by atoms with Crippen molar-refractivity contribution in [2.24, 2.45) is 0 Å². The van der Waals surface area contributed by atoms with E-state index in [1.165, 1.54) is 18.4 Å². The van der Waals surface area contributed by atoms with Crippen LogP contribution >= 0.6 is 0 Å². The van der Waals surface area contributed by atoms with Crippen LogP contribution in [0, 0.1) is 11.3 Å². The second-order valence-electron chi connectivity index (χ2n) is 6.49. The van der Waals surface area contributed by atoms with Gasteiger partial charge in [0.05, 0.1) is 35.1 Å². The third-order valence-corrected chi connectivity index (χ3v) is 4.76. The standard InChI is InChI=1S/C20H15N5/c21-9-14-1-3-15(4-2-14)19-11-23-25-12-16(5-8-20(19)25)17-10-22-24(13-17)18-6-7-18/h1-5,8,10-13,18H,6-7H2/p+1. The Bertz CT molecular complexity index is 1110. The average Bonchev–Trinajstić information content (AvgIpc) is 3.24. The zero-order valence-corrected chi connectivity index (χ0v) is 13.6. The molecule has 0 radical (unpaired) electrons. The summed E-state index contributed by atoms with van der Waals surface area (Å²) in [4.78, 5) is 0. The molecule has 0 aliphatic heterocycles. The fourth-order valence-corrected chi connectivity index (χ4v) is 3.19. The molecule has 3 heterocycles. The molecule has 5 rings (SSSR count). The van der Waals surface area contributed by atoms with Gasteiger partial charge in [0, 0.05) is 30.2 Å². The third kappa shape index (κ3) is 2.39. The summed E-state index contributed by atoms with van der Waals surface area (Å²) in [6.45, 7) is 0.